The van der Waals surface area contributed by atoms with Crippen LogP contribution in [0, 0.1) is 11.8 Å². The normalized spacial score (nSPS) is 31.3. The van der Waals surface area contributed by atoms with Crippen LogP contribution < -0.4 is 0 Å². The Labute approximate surface area is 70.0 Å². The van der Waals surface area contributed by atoms with Crippen molar-refractivity contribution in [2.45, 2.75) is 33.1 Å². The minimum Gasteiger partial charge on any atom is -0.103 e. The molecule has 0 saturated heterocycles. The Balaban J connectivity index is 2.50. The molecule has 62 valence electrons. The van der Waals surface area contributed by atoms with Gasteiger partial charge in [0.05, 0.1) is 0 Å². The second-order valence-corrected chi connectivity index (χ2v) is 3.75. The van der Waals surface area contributed by atoms with E-state index in [-0.39, 0.29) is 0 Å². The Morgan fingerprint density at radius 1 is 1.73 bits per heavy atom. The number of hydrogen-bond acceptors (Lipinski definition) is 0. The zero-order valence-corrected chi connectivity index (χ0v) is 7.64. The summed E-state index contributed by atoms with van der Waals surface area (Å²) in [7, 11) is 0. The van der Waals surface area contributed by atoms with E-state index < -0.39 is 0 Å². The van der Waals surface area contributed by atoms with E-state index >= 15 is 0 Å². The van der Waals surface area contributed by atoms with E-state index in [2.05, 4.69) is 32.6 Å². The summed E-state index contributed by atoms with van der Waals surface area (Å²) in [5, 5.41) is 0. The lowest BCUT2D eigenvalue weighted by Gasteiger charge is -2.26. The molecule has 2 atom stereocenters. The van der Waals surface area contributed by atoms with Gasteiger partial charge in [-0.05, 0) is 38.0 Å². The third-order valence-corrected chi connectivity index (χ3v) is 2.69. The van der Waals surface area contributed by atoms with Gasteiger partial charge in [-0.1, -0.05) is 24.6 Å². The maximum atomic E-state index is 3.79. The van der Waals surface area contributed by atoms with Crippen molar-refractivity contribution >= 4 is 0 Å². The number of hydrogen-bond donors (Lipinski definition) is 0. The molecule has 0 saturated carbocycles. The summed E-state index contributed by atoms with van der Waals surface area (Å²) in [5.74, 6) is 1.72. The predicted octanol–water partition coefficient (Wildman–Crippen LogP) is 3.55. The van der Waals surface area contributed by atoms with E-state index in [1.165, 1.54) is 19.3 Å². The van der Waals surface area contributed by atoms with E-state index in [4.69, 9.17) is 0 Å². The van der Waals surface area contributed by atoms with Crippen LogP contribution in [0.5, 0.6) is 0 Å². The first-order valence-corrected chi connectivity index (χ1v) is 4.50. The second-order valence-electron chi connectivity index (χ2n) is 3.75. The summed E-state index contributed by atoms with van der Waals surface area (Å²) < 4.78 is 0. The van der Waals surface area contributed by atoms with Gasteiger partial charge in [0.2, 0.25) is 0 Å². The lowest BCUT2D eigenvalue weighted by molar-refractivity contribution is 0.344. The lowest BCUT2D eigenvalue weighted by atomic mass is 9.79. The highest BCUT2D eigenvalue weighted by Gasteiger charge is 2.18. The van der Waals surface area contributed by atoms with Gasteiger partial charge in [-0.15, -0.1) is 6.58 Å². The van der Waals surface area contributed by atoms with Crippen LogP contribution in [0.2, 0.25) is 0 Å². The van der Waals surface area contributed by atoms with Crippen LogP contribution in [0.3, 0.4) is 0 Å². The quantitative estimate of drug-likeness (QED) is 0.528. The highest BCUT2D eigenvalue weighted by Crippen LogP contribution is 2.31. The minimum atomic E-state index is 0.858. The molecule has 0 fully saturated rings. The van der Waals surface area contributed by atoms with Gasteiger partial charge in [0.1, 0.15) is 0 Å². The fourth-order valence-electron chi connectivity index (χ4n) is 1.89. The molecule has 0 bridgehead atoms. The van der Waals surface area contributed by atoms with Gasteiger partial charge in [0.25, 0.3) is 0 Å². The Morgan fingerprint density at radius 2 is 2.45 bits per heavy atom. The first kappa shape index (κ1) is 8.58. The van der Waals surface area contributed by atoms with Crippen LogP contribution in [0.1, 0.15) is 33.1 Å². The Bertz CT molecular complexity index is 165. The fraction of sp³-hybridized carbons (Fsp3) is 0.636. The fourth-order valence-corrected chi connectivity index (χ4v) is 1.89. The zero-order chi connectivity index (χ0) is 8.27. The molecule has 0 heterocycles. The van der Waals surface area contributed by atoms with E-state index in [0.717, 1.165) is 11.8 Å². The van der Waals surface area contributed by atoms with E-state index in [1.54, 1.807) is 5.57 Å². The predicted molar refractivity (Wildman–Crippen MR) is 50.5 cm³/mol. The van der Waals surface area contributed by atoms with E-state index in [0.29, 0.717) is 0 Å². The summed E-state index contributed by atoms with van der Waals surface area (Å²) in [5.41, 5.74) is 1.57. The summed E-state index contributed by atoms with van der Waals surface area (Å²) in [6, 6.07) is 0. The molecule has 1 aliphatic rings. The Kier molecular flexibility index (Phi) is 2.92. The molecule has 0 radical (unpaired) electrons. The Morgan fingerprint density at radius 3 is 3.00 bits per heavy atom. The molecule has 1 rings (SSSR count). The third-order valence-electron chi connectivity index (χ3n) is 2.69. The van der Waals surface area contributed by atoms with Gasteiger partial charge in [0.15, 0.2) is 0 Å². The minimum absolute atomic E-state index is 0.858. The zero-order valence-electron chi connectivity index (χ0n) is 7.64. The molecular weight excluding hydrogens is 132 g/mol. The summed E-state index contributed by atoms with van der Waals surface area (Å²) in [6.45, 7) is 8.38. The summed E-state index contributed by atoms with van der Waals surface area (Å²) in [6.07, 6.45) is 8.17. The lowest BCUT2D eigenvalue weighted by Crippen LogP contribution is -2.14. The van der Waals surface area contributed by atoms with E-state index in [1.807, 2.05) is 0 Å². The van der Waals surface area contributed by atoms with Crippen molar-refractivity contribution in [3.63, 3.8) is 0 Å². The molecule has 0 nitrogen and oxygen atoms in total. The van der Waals surface area contributed by atoms with Crippen LogP contribution in [-0.4, -0.2) is 0 Å². The molecule has 0 aromatic heterocycles. The molecule has 2 unspecified atom stereocenters. The SMILES string of the molecule is C=CCC1CC=C(C)CC1C. The number of rotatable bonds is 2. The standard InChI is InChI=1S/C11H18/c1-4-5-11-7-6-9(2)8-10(11)3/h4,6,10-11H,1,5,7-8H2,2-3H3. The highest BCUT2D eigenvalue weighted by molar-refractivity contribution is 5.05. The summed E-state index contributed by atoms with van der Waals surface area (Å²) >= 11 is 0. The van der Waals surface area contributed by atoms with E-state index in [9.17, 15) is 0 Å². The number of allylic oxidation sites excluding steroid dienone is 3. The molecule has 0 heteroatoms. The highest BCUT2D eigenvalue weighted by atomic mass is 14.2. The maximum absolute atomic E-state index is 3.79. The van der Waals surface area contributed by atoms with Crippen molar-refractivity contribution in [3.05, 3.63) is 24.3 Å². The summed E-state index contributed by atoms with van der Waals surface area (Å²) in [4.78, 5) is 0. The van der Waals surface area contributed by atoms with Crippen LogP contribution in [0.15, 0.2) is 24.3 Å². The van der Waals surface area contributed by atoms with Crippen LogP contribution in [0.4, 0.5) is 0 Å². The average Bonchev–Trinajstić information content (AvgIpc) is 1.95. The van der Waals surface area contributed by atoms with Crippen molar-refractivity contribution in [1.29, 1.82) is 0 Å². The molecule has 1 aliphatic carbocycles. The molecular formula is C11H18. The molecule has 0 spiro atoms. The topological polar surface area (TPSA) is 0 Å². The van der Waals surface area contributed by atoms with Gasteiger partial charge in [-0.3, -0.25) is 0 Å². The van der Waals surface area contributed by atoms with Gasteiger partial charge >= 0.3 is 0 Å². The molecule has 0 N–H and O–H groups in total. The third kappa shape index (κ3) is 2.21. The van der Waals surface area contributed by atoms with Gasteiger partial charge < -0.3 is 0 Å². The average molecular weight is 150 g/mol. The van der Waals surface area contributed by atoms with Gasteiger partial charge in [-0.25, -0.2) is 0 Å². The van der Waals surface area contributed by atoms with Crippen molar-refractivity contribution < 1.29 is 0 Å². The molecule has 0 aromatic carbocycles. The van der Waals surface area contributed by atoms with Crippen LogP contribution >= 0.6 is 0 Å². The first-order valence-electron chi connectivity index (χ1n) is 4.50. The molecule has 11 heavy (non-hydrogen) atoms. The molecule has 0 amide bonds. The van der Waals surface area contributed by atoms with Crippen molar-refractivity contribution in [1.82, 2.24) is 0 Å². The second kappa shape index (κ2) is 3.75. The van der Waals surface area contributed by atoms with Gasteiger partial charge in [-0.2, -0.15) is 0 Å². The monoisotopic (exact) mass is 150 g/mol. The smallest absolute Gasteiger partial charge is 0.0294 e. The molecule has 0 aliphatic heterocycles. The van der Waals surface area contributed by atoms with Crippen molar-refractivity contribution in [2.75, 3.05) is 0 Å². The maximum Gasteiger partial charge on any atom is -0.0294 e. The van der Waals surface area contributed by atoms with Crippen molar-refractivity contribution in [3.8, 4) is 0 Å². The first-order chi connectivity index (χ1) is 5.24. The Hall–Kier alpha value is -0.520. The van der Waals surface area contributed by atoms with Crippen LogP contribution in [-0.2, 0) is 0 Å². The van der Waals surface area contributed by atoms with Crippen LogP contribution in [0.25, 0.3) is 0 Å². The largest absolute Gasteiger partial charge is 0.103 e. The molecule has 0 aromatic rings. The van der Waals surface area contributed by atoms with Gasteiger partial charge in [0, 0.05) is 0 Å². The van der Waals surface area contributed by atoms with Crippen molar-refractivity contribution in [2.24, 2.45) is 11.8 Å².